The molecule has 2 aromatic carbocycles. The van der Waals surface area contributed by atoms with Crippen LogP contribution in [0, 0.1) is 0 Å². The maximum Gasteiger partial charge on any atom is 0.134 e. The highest BCUT2D eigenvalue weighted by Gasteiger charge is 2.17. The van der Waals surface area contributed by atoms with Crippen molar-refractivity contribution in [1.82, 2.24) is 0 Å². The minimum absolute atomic E-state index is 0.388. The number of rotatable bonds is 3. The quantitative estimate of drug-likeness (QED) is 0.717. The van der Waals surface area contributed by atoms with Gasteiger partial charge in [-0.25, -0.2) is 0 Å². The third kappa shape index (κ3) is 2.79. The van der Waals surface area contributed by atoms with Crippen molar-refractivity contribution in [2.45, 2.75) is 6.04 Å². The Bertz CT molecular complexity index is 800. The van der Waals surface area contributed by atoms with Crippen molar-refractivity contribution in [3.8, 4) is 5.75 Å². The molecule has 5 heteroatoms. The van der Waals surface area contributed by atoms with Gasteiger partial charge in [-0.3, -0.25) is 0 Å². The van der Waals surface area contributed by atoms with E-state index < -0.39 is 0 Å². The molecule has 0 aliphatic carbocycles. The molecule has 2 N–H and O–H groups in total. The summed E-state index contributed by atoms with van der Waals surface area (Å²) in [5.41, 5.74) is 8.00. The van der Waals surface area contributed by atoms with Gasteiger partial charge in [0.2, 0.25) is 0 Å². The Balaban J connectivity index is 2.05. The number of ether oxygens (including phenoxy) is 1. The minimum Gasteiger partial charge on any atom is -0.497 e. The van der Waals surface area contributed by atoms with Crippen LogP contribution in [0.1, 0.15) is 17.4 Å². The van der Waals surface area contributed by atoms with Crippen molar-refractivity contribution in [1.29, 1.82) is 0 Å². The number of fused-ring (bicyclic) bond motifs is 1. The van der Waals surface area contributed by atoms with Gasteiger partial charge >= 0.3 is 0 Å². The van der Waals surface area contributed by atoms with Crippen LogP contribution in [-0.4, -0.2) is 7.11 Å². The van der Waals surface area contributed by atoms with Crippen LogP contribution in [0.5, 0.6) is 5.75 Å². The van der Waals surface area contributed by atoms with E-state index in [1.54, 1.807) is 13.2 Å². The lowest BCUT2D eigenvalue weighted by Gasteiger charge is -2.12. The van der Waals surface area contributed by atoms with Gasteiger partial charge in [0.1, 0.15) is 17.1 Å². The van der Waals surface area contributed by atoms with E-state index in [4.69, 9.17) is 26.5 Å². The van der Waals surface area contributed by atoms with Gasteiger partial charge in [-0.2, -0.15) is 0 Å². The summed E-state index contributed by atoms with van der Waals surface area (Å²) in [6, 6.07) is 12.7. The Morgan fingerprint density at radius 3 is 2.76 bits per heavy atom. The number of nitrogens with two attached hydrogens (primary N) is 1. The molecule has 0 aliphatic heterocycles. The number of halogens is 2. The Hall–Kier alpha value is -1.49. The summed E-state index contributed by atoms with van der Waals surface area (Å²) < 4.78 is 12.0. The zero-order valence-electron chi connectivity index (χ0n) is 11.3. The highest BCUT2D eigenvalue weighted by Crippen LogP contribution is 2.33. The molecule has 1 atom stereocenters. The number of benzene rings is 2. The van der Waals surface area contributed by atoms with E-state index in [9.17, 15) is 0 Å². The fourth-order valence-corrected chi connectivity index (χ4v) is 2.90. The van der Waals surface area contributed by atoms with Crippen molar-refractivity contribution in [2.75, 3.05) is 7.11 Å². The molecule has 0 spiro atoms. The summed E-state index contributed by atoms with van der Waals surface area (Å²) in [7, 11) is 1.63. The molecule has 0 amide bonds. The molecule has 1 heterocycles. The first-order chi connectivity index (χ1) is 10.1. The number of hydrogen-bond acceptors (Lipinski definition) is 3. The van der Waals surface area contributed by atoms with Crippen molar-refractivity contribution < 1.29 is 9.15 Å². The number of furan rings is 1. The second kappa shape index (κ2) is 5.72. The van der Waals surface area contributed by atoms with Gasteiger partial charge in [-0.15, -0.1) is 0 Å². The summed E-state index contributed by atoms with van der Waals surface area (Å²) in [6.07, 6.45) is 0. The van der Waals surface area contributed by atoms with Gasteiger partial charge in [0.05, 0.1) is 13.2 Å². The first kappa shape index (κ1) is 14.4. The summed E-state index contributed by atoms with van der Waals surface area (Å²) in [5, 5.41) is 1.61. The fraction of sp³-hybridized carbons (Fsp3) is 0.125. The van der Waals surface area contributed by atoms with Gasteiger partial charge in [-0.05, 0) is 48.0 Å². The van der Waals surface area contributed by atoms with Crippen LogP contribution >= 0.6 is 27.5 Å². The molecule has 0 fully saturated rings. The fourth-order valence-electron chi connectivity index (χ4n) is 2.23. The van der Waals surface area contributed by atoms with Crippen LogP contribution in [0.4, 0.5) is 0 Å². The molecule has 21 heavy (non-hydrogen) atoms. The maximum absolute atomic E-state index is 6.33. The third-order valence-electron chi connectivity index (χ3n) is 3.34. The Labute approximate surface area is 135 Å². The zero-order chi connectivity index (χ0) is 15.0. The normalized spacial score (nSPS) is 12.6. The number of methoxy groups -OCH3 is 1. The zero-order valence-corrected chi connectivity index (χ0v) is 13.6. The second-order valence-electron chi connectivity index (χ2n) is 4.70. The van der Waals surface area contributed by atoms with Gasteiger partial charge in [-0.1, -0.05) is 27.5 Å². The Kier molecular flexibility index (Phi) is 3.93. The van der Waals surface area contributed by atoms with Gasteiger partial charge < -0.3 is 14.9 Å². The third-order valence-corrected chi connectivity index (χ3v) is 4.30. The number of hydrogen-bond donors (Lipinski definition) is 1. The maximum atomic E-state index is 6.33. The molecule has 108 valence electrons. The van der Waals surface area contributed by atoms with Crippen LogP contribution in [0.25, 0.3) is 11.0 Å². The van der Waals surface area contributed by atoms with E-state index in [0.29, 0.717) is 10.8 Å². The molecule has 0 saturated heterocycles. The molecule has 3 aromatic rings. The Morgan fingerprint density at radius 2 is 2.00 bits per heavy atom. The SMILES string of the molecule is COc1ccc(Br)c(C(N)c2cc3cc(Cl)ccc3o2)c1. The van der Waals surface area contributed by atoms with Crippen molar-refractivity contribution in [3.05, 3.63) is 63.3 Å². The molecule has 1 unspecified atom stereocenters. The summed E-state index contributed by atoms with van der Waals surface area (Å²) in [4.78, 5) is 0. The van der Waals surface area contributed by atoms with E-state index in [1.807, 2.05) is 36.4 Å². The minimum atomic E-state index is -0.388. The molecular weight excluding hydrogens is 354 g/mol. The molecule has 0 saturated carbocycles. The van der Waals surface area contributed by atoms with E-state index >= 15 is 0 Å². The lowest BCUT2D eigenvalue weighted by Crippen LogP contribution is -2.11. The lowest BCUT2D eigenvalue weighted by molar-refractivity contribution is 0.413. The molecule has 1 aromatic heterocycles. The standard InChI is InChI=1S/C16H13BrClNO2/c1-20-11-3-4-13(17)12(8-11)16(19)15-7-9-6-10(18)2-5-14(9)21-15/h2-8,16H,19H2,1H3. The molecular formula is C16H13BrClNO2. The summed E-state index contributed by atoms with van der Waals surface area (Å²) in [5.74, 6) is 1.43. The van der Waals surface area contributed by atoms with E-state index in [-0.39, 0.29) is 6.04 Å². The van der Waals surface area contributed by atoms with Crippen LogP contribution in [-0.2, 0) is 0 Å². The van der Waals surface area contributed by atoms with E-state index in [0.717, 1.165) is 26.8 Å². The van der Waals surface area contributed by atoms with Crippen LogP contribution in [0.15, 0.2) is 51.4 Å². The van der Waals surface area contributed by atoms with Crippen molar-refractivity contribution in [2.24, 2.45) is 5.73 Å². The van der Waals surface area contributed by atoms with Gasteiger partial charge in [0.15, 0.2) is 0 Å². The molecule has 3 nitrogen and oxygen atoms in total. The van der Waals surface area contributed by atoms with Crippen molar-refractivity contribution >= 4 is 38.5 Å². The summed E-state index contributed by atoms with van der Waals surface area (Å²) in [6.45, 7) is 0. The van der Waals surface area contributed by atoms with Gasteiger partial charge in [0.25, 0.3) is 0 Å². The highest BCUT2D eigenvalue weighted by atomic mass is 79.9. The first-order valence-electron chi connectivity index (χ1n) is 6.36. The van der Waals surface area contributed by atoms with Crippen molar-refractivity contribution in [3.63, 3.8) is 0 Å². The molecule has 0 bridgehead atoms. The van der Waals surface area contributed by atoms with E-state index in [1.165, 1.54) is 0 Å². The monoisotopic (exact) mass is 365 g/mol. The average molecular weight is 367 g/mol. The topological polar surface area (TPSA) is 48.4 Å². The van der Waals surface area contributed by atoms with Crippen LogP contribution < -0.4 is 10.5 Å². The smallest absolute Gasteiger partial charge is 0.134 e. The first-order valence-corrected chi connectivity index (χ1v) is 7.53. The molecule has 0 radical (unpaired) electrons. The average Bonchev–Trinajstić information content (AvgIpc) is 2.90. The second-order valence-corrected chi connectivity index (χ2v) is 5.99. The highest BCUT2D eigenvalue weighted by molar-refractivity contribution is 9.10. The lowest BCUT2D eigenvalue weighted by atomic mass is 10.0. The summed E-state index contributed by atoms with van der Waals surface area (Å²) >= 11 is 9.51. The van der Waals surface area contributed by atoms with Crippen LogP contribution in [0.3, 0.4) is 0 Å². The predicted molar refractivity (Wildman–Crippen MR) is 87.9 cm³/mol. The van der Waals surface area contributed by atoms with Gasteiger partial charge in [0, 0.05) is 14.9 Å². The predicted octanol–water partition coefficient (Wildman–Crippen LogP) is 4.91. The molecule has 0 aliphatic rings. The Morgan fingerprint density at radius 1 is 1.19 bits per heavy atom. The van der Waals surface area contributed by atoms with Crippen LogP contribution in [0.2, 0.25) is 5.02 Å². The van der Waals surface area contributed by atoms with E-state index in [2.05, 4.69) is 15.9 Å². The molecule has 3 rings (SSSR count). The largest absolute Gasteiger partial charge is 0.497 e.